The molecule has 43 heavy (non-hydrogen) atoms. The first-order chi connectivity index (χ1) is 20.4. The van der Waals surface area contributed by atoms with Gasteiger partial charge in [-0.15, -0.1) is 0 Å². The molecule has 0 bridgehead atoms. The van der Waals surface area contributed by atoms with Crippen molar-refractivity contribution >= 4 is 43.2 Å². The van der Waals surface area contributed by atoms with E-state index in [9.17, 15) is 9.90 Å². The molecule has 5 heteroatoms. The molecule has 1 aliphatic heterocycles. The van der Waals surface area contributed by atoms with E-state index in [1.807, 2.05) is 4.90 Å². The fourth-order valence-corrected chi connectivity index (χ4v) is 13.1. The van der Waals surface area contributed by atoms with Crippen LogP contribution in [-0.4, -0.2) is 40.0 Å². The molecule has 0 aliphatic carbocycles. The fraction of sp³-hybridized carbons (Fsp3) is 0.342. The van der Waals surface area contributed by atoms with Gasteiger partial charge in [0.1, 0.15) is 0 Å². The van der Waals surface area contributed by atoms with Gasteiger partial charge in [0.05, 0.1) is 5.54 Å². The van der Waals surface area contributed by atoms with Gasteiger partial charge in [-0.05, 0) is 82.8 Å². The molecule has 1 heterocycles. The van der Waals surface area contributed by atoms with Crippen LogP contribution in [0, 0.1) is 33.1 Å². The van der Waals surface area contributed by atoms with Gasteiger partial charge in [0.15, 0.2) is 0 Å². The highest BCUT2D eigenvalue weighted by molar-refractivity contribution is 7.74. The molecule has 0 spiro atoms. The van der Waals surface area contributed by atoms with Crippen molar-refractivity contribution in [3.8, 4) is 0 Å². The van der Waals surface area contributed by atoms with Crippen LogP contribution in [0.2, 0.25) is 0 Å². The Bertz CT molecular complexity index is 1520. The van der Waals surface area contributed by atoms with Gasteiger partial charge in [-0.2, -0.15) is 0 Å². The summed E-state index contributed by atoms with van der Waals surface area (Å²) in [5, 5.41) is 16.2. The zero-order valence-electron chi connectivity index (χ0n) is 26.6. The monoisotopic (exact) mass is 609 g/mol. The van der Waals surface area contributed by atoms with Gasteiger partial charge >= 0.3 is 6.09 Å². The first-order valence-corrected chi connectivity index (χ1v) is 18.2. The maximum Gasteiger partial charge on any atom is 0.407 e. The summed E-state index contributed by atoms with van der Waals surface area (Å²) >= 11 is 0. The van der Waals surface area contributed by atoms with Crippen LogP contribution in [0.4, 0.5) is 4.79 Å². The van der Waals surface area contributed by atoms with Crippen molar-refractivity contribution in [1.82, 2.24) is 4.90 Å². The number of carboxylic acid groups (broad SMARTS) is 1. The SMILES string of the molecule is Cc1cccc(P(C[C@@]2(C(C)(C)C)C[C@H](P(c3cccc(C)c3)c3cccc(C)c3)CN2C(=O)O)c2cccc(C)c2)c1. The molecule has 224 valence electrons. The van der Waals surface area contributed by atoms with E-state index >= 15 is 0 Å². The van der Waals surface area contributed by atoms with E-state index in [2.05, 4.69) is 146 Å². The molecule has 0 radical (unpaired) electrons. The zero-order valence-corrected chi connectivity index (χ0v) is 28.4. The van der Waals surface area contributed by atoms with Crippen LogP contribution in [0.3, 0.4) is 0 Å². The van der Waals surface area contributed by atoms with Crippen molar-refractivity contribution in [3.63, 3.8) is 0 Å². The molecular weight excluding hydrogens is 564 g/mol. The molecular formula is C38H45NO2P2. The highest BCUT2D eigenvalue weighted by Gasteiger charge is 2.57. The first kappa shape index (κ1) is 31.4. The van der Waals surface area contributed by atoms with Crippen molar-refractivity contribution in [2.75, 3.05) is 12.7 Å². The minimum absolute atomic E-state index is 0.209. The number of rotatable bonds is 7. The number of amides is 1. The van der Waals surface area contributed by atoms with Gasteiger partial charge in [0.25, 0.3) is 0 Å². The maximum absolute atomic E-state index is 13.3. The molecule has 0 saturated carbocycles. The van der Waals surface area contributed by atoms with E-state index in [0.717, 1.165) is 12.6 Å². The van der Waals surface area contributed by atoms with E-state index in [4.69, 9.17) is 0 Å². The molecule has 4 aromatic rings. The second-order valence-electron chi connectivity index (χ2n) is 13.3. The van der Waals surface area contributed by atoms with Crippen LogP contribution in [0.15, 0.2) is 97.1 Å². The average Bonchev–Trinajstić information content (AvgIpc) is 3.33. The molecule has 2 atom stereocenters. The fourth-order valence-electron chi connectivity index (χ4n) is 6.79. The molecule has 1 aliphatic rings. The van der Waals surface area contributed by atoms with Gasteiger partial charge in [-0.1, -0.05) is 140 Å². The highest BCUT2D eigenvalue weighted by Crippen LogP contribution is 2.57. The quantitative estimate of drug-likeness (QED) is 0.216. The van der Waals surface area contributed by atoms with E-state index in [1.165, 1.54) is 43.5 Å². The molecule has 0 aromatic heterocycles. The van der Waals surface area contributed by atoms with Crippen LogP contribution in [0.25, 0.3) is 0 Å². The normalized spacial score (nSPS) is 18.9. The van der Waals surface area contributed by atoms with Gasteiger partial charge in [0, 0.05) is 12.2 Å². The number of nitrogens with zero attached hydrogens (tertiary/aromatic N) is 1. The molecule has 3 nitrogen and oxygen atoms in total. The topological polar surface area (TPSA) is 40.5 Å². The highest BCUT2D eigenvalue weighted by atomic mass is 31.1. The third kappa shape index (κ3) is 6.60. The van der Waals surface area contributed by atoms with Crippen molar-refractivity contribution < 1.29 is 9.90 Å². The lowest BCUT2D eigenvalue weighted by molar-refractivity contribution is 0.0472. The molecule has 0 unspecified atom stereocenters. The Hall–Kier alpha value is -2.99. The molecule has 1 N–H and O–H groups in total. The third-order valence-electron chi connectivity index (χ3n) is 9.08. The summed E-state index contributed by atoms with van der Waals surface area (Å²) < 4.78 is 0. The summed E-state index contributed by atoms with van der Waals surface area (Å²) in [5.74, 6) is 0. The number of benzene rings is 4. The van der Waals surface area contributed by atoms with Gasteiger partial charge in [0.2, 0.25) is 0 Å². The lowest BCUT2D eigenvalue weighted by atomic mass is 9.73. The largest absolute Gasteiger partial charge is 0.465 e. The van der Waals surface area contributed by atoms with Crippen molar-refractivity contribution in [1.29, 1.82) is 0 Å². The summed E-state index contributed by atoms with van der Waals surface area (Å²) in [6.45, 7) is 15.9. The molecule has 1 fully saturated rings. The van der Waals surface area contributed by atoms with E-state index in [-0.39, 0.29) is 11.1 Å². The molecule has 1 saturated heterocycles. The molecule has 5 rings (SSSR count). The minimum Gasteiger partial charge on any atom is -0.465 e. The van der Waals surface area contributed by atoms with Crippen LogP contribution in [0.5, 0.6) is 0 Å². The van der Waals surface area contributed by atoms with Gasteiger partial charge in [-0.3, -0.25) is 0 Å². The number of hydrogen-bond donors (Lipinski definition) is 1. The number of hydrogen-bond acceptors (Lipinski definition) is 1. The Balaban J connectivity index is 1.67. The summed E-state index contributed by atoms with van der Waals surface area (Å²) in [7, 11) is -1.60. The second-order valence-corrected chi connectivity index (χ2v) is 18.1. The average molecular weight is 610 g/mol. The lowest BCUT2D eigenvalue weighted by Gasteiger charge is -2.49. The van der Waals surface area contributed by atoms with Gasteiger partial charge in [-0.25, -0.2) is 4.79 Å². The Morgan fingerprint density at radius 3 is 1.51 bits per heavy atom. The summed E-state index contributed by atoms with van der Waals surface area (Å²) in [4.78, 5) is 15.2. The maximum atomic E-state index is 13.3. The number of carbonyl (C=O) groups is 1. The Kier molecular flexibility index (Phi) is 9.18. The Morgan fingerprint density at radius 1 is 0.744 bits per heavy atom. The predicted octanol–water partition coefficient (Wildman–Crippen LogP) is 8.02. The zero-order chi connectivity index (χ0) is 30.9. The smallest absolute Gasteiger partial charge is 0.407 e. The second kappa shape index (κ2) is 12.6. The Morgan fingerprint density at radius 2 is 1.14 bits per heavy atom. The van der Waals surface area contributed by atoms with Crippen molar-refractivity contribution in [2.24, 2.45) is 5.41 Å². The molecule has 4 aromatic carbocycles. The number of aryl methyl sites for hydroxylation is 4. The van der Waals surface area contributed by atoms with Crippen LogP contribution in [0.1, 0.15) is 49.4 Å². The van der Waals surface area contributed by atoms with Gasteiger partial charge < -0.3 is 10.0 Å². The third-order valence-corrected chi connectivity index (χ3v) is 14.5. The van der Waals surface area contributed by atoms with Crippen LogP contribution in [-0.2, 0) is 0 Å². The molecule has 1 amide bonds. The van der Waals surface area contributed by atoms with E-state index < -0.39 is 27.5 Å². The van der Waals surface area contributed by atoms with E-state index in [1.54, 1.807) is 0 Å². The minimum atomic E-state index is -0.813. The predicted molar refractivity (Wildman–Crippen MR) is 187 cm³/mol. The lowest BCUT2D eigenvalue weighted by Crippen LogP contribution is -2.58. The standard InChI is InChI=1S/C38H45NO2P2/c1-27-12-8-16-31(20-27)42(32-17-9-13-28(2)21-32)26-38(37(5,6)7)24-35(25-39(38)36(40)41)43(33-18-10-14-29(3)22-33)34-19-11-15-30(4)23-34/h8-23,35H,24-26H2,1-7H3,(H,40,41)/t35-,38+/m0/s1. The van der Waals surface area contributed by atoms with Crippen LogP contribution < -0.4 is 21.2 Å². The summed E-state index contributed by atoms with van der Waals surface area (Å²) in [6, 6.07) is 35.5. The number of likely N-dealkylation sites (tertiary alicyclic amines) is 1. The summed E-state index contributed by atoms with van der Waals surface area (Å²) in [5.41, 5.74) is 4.38. The first-order valence-electron chi connectivity index (χ1n) is 15.2. The van der Waals surface area contributed by atoms with Crippen LogP contribution >= 0.6 is 15.8 Å². The van der Waals surface area contributed by atoms with Crippen molar-refractivity contribution in [2.45, 2.75) is 66.1 Å². The summed E-state index contributed by atoms with van der Waals surface area (Å²) in [6.07, 6.45) is 0.837. The van der Waals surface area contributed by atoms with Crippen molar-refractivity contribution in [3.05, 3.63) is 119 Å². The Labute approximate surface area is 260 Å². The van der Waals surface area contributed by atoms with E-state index in [0.29, 0.717) is 6.54 Å².